The van der Waals surface area contributed by atoms with Gasteiger partial charge in [0, 0.05) is 18.2 Å². The maximum Gasteiger partial charge on any atom is 0.270 e. The van der Waals surface area contributed by atoms with Crippen molar-refractivity contribution in [2.45, 2.75) is 6.92 Å². The van der Waals surface area contributed by atoms with Crippen molar-refractivity contribution in [1.82, 2.24) is 0 Å². The highest BCUT2D eigenvalue weighted by Crippen LogP contribution is 2.23. The number of hydrogen-bond donors (Lipinski definition) is 1. The van der Waals surface area contributed by atoms with Crippen molar-refractivity contribution in [2.75, 3.05) is 11.9 Å². The van der Waals surface area contributed by atoms with Crippen LogP contribution in [-0.2, 0) is 4.79 Å². The molecule has 0 spiro atoms. The van der Waals surface area contributed by atoms with E-state index in [1.165, 1.54) is 24.3 Å². The van der Waals surface area contributed by atoms with Crippen LogP contribution in [0.4, 0.5) is 11.4 Å². The van der Waals surface area contributed by atoms with E-state index in [4.69, 9.17) is 4.74 Å². The molecule has 118 valence electrons. The van der Waals surface area contributed by atoms with Gasteiger partial charge in [0.2, 0.25) is 5.91 Å². The number of anilines is 1. The fraction of sp³-hybridized carbons (Fsp3) is 0.118. The first-order chi connectivity index (χ1) is 11.1. The van der Waals surface area contributed by atoms with Crippen molar-refractivity contribution in [3.05, 3.63) is 70.3 Å². The zero-order valence-electron chi connectivity index (χ0n) is 12.6. The summed E-state index contributed by atoms with van der Waals surface area (Å²) in [4.78, 5) is 22.2. The van der Waals surface area contributed by atoms with Crippen LogP contribution in [0, 0.1) is 10.1 Å². The van der Waals surface area contributed by atoms with Crippen LogP contribution in [-0.4, -0.2) is 17.4 Å². The standard InChI is InChI=1S/C17H16N2O4/c1-2-23-16-9-4-3-8-15(16)18-17(20)11-10-13-6-5-7-14(12-13)19(21)22/h3-12H,2H2,1H3,(H,18,20)/b11-10+. The molecule has 2 aromatic rings. The quantitative estimate of drug-likeness (QED) is 0.501. The van der Waals surface area contributed by atoms with Gasteiger partial charge in [0.15, 0.2) is 0 Å². The van der Waals surface area contributed by atoms with Gasteiger partial charge in [-0.2, -0.15) is 0 Å². The van der Waals surface area contributed by atoms with Crippen molar-refractivity contribution >= 4 is 23.4 Å². The van der Waals surface area contributed by atoms with Crippen molar-refractivity contribution in [3.8, 4) is 5.75 Å². The number of nitrogens with one attached hydrogen (secondary N) is 1. The van der Waals surface area contributed by atoms with Crippen LogP contribution in [0.2, 0.25) is 0 Å². The Morgan fingerprint density at radius 3 is 2.78 bits per heavy atom. The molecule has 2 rings (SSSR count). The molecular formula is C17H16N2O4. The van der Waals surface area contributed by atoms with Crippen LogP contribution in [0.15, 0.2) is 54.6 Å². The van der Waals surface area contributed by atoms with E-state index < -0.39 is 4.92 Å². The molecule has 0 aliphatic heterocycles. The van der Waals surface area contributed by atoms with Crippen molar-refractivity contribution in [2.24, 2.45) is 0 Å². The lowest BCUT2D eigenvalue weighted by Gasteiger charge is -2.09. The minimum atomic E-state index is -0.476. The Morgan fingerprint density at radius 2 is 2.04 bits per heavy atom. The molecule has 0 radical (unpaired) electrons. The molecule has 0 unspecified atom stereocenters. The van der Waals surface area contributed by atoms with Gasteiger partial charge in [0.1, 0.15) is 5.75 Å². The Balaban J connectivity index is 2.08. The van der Waals surface area contributed by atoms with E-state index in [2.05, 4.69) is 5.32 Å². The maximum atomic E-state index is 12.0. The van der Waals surface area contributed by atoms with E-state index >= 15 is 0 Å². The van der Waals surface area contributed by atoms with E-state index in [1.54, 1.807) is 30.3 Å². The molecule has 6 nitrogen and oxygen atoms in total. The Kier molecular flexibility index (Phi) is 5.46. The molecule has 0 saturated heterocycles. The summed E-state index contributed by atoms with van der Waals surface area (Å²) < 4.78 is 5.43. The normalized spacial score (nSPS) is 10.5. The zero-order chi connectivity index (χ0) is 16.7. The smallest absolute Gasteiger partial charge is 0.270 e. The van der Waals surface area contributed by atoms with Gasteiger partial charge in [-0.05, 0) is 30.7 Å². The van der Waals surface area contributed by atoms with E-state index in [1.807, 2.05) is 13.0 Å². The van der Waals surface area contributed by atoms with Gasteiger partial charge >= 0.3 is 0 Å². The summed E-state index contributed by atoms with van der Waals surface area (Å²) in [6, 6.07) is 13.2. The van der Waals surface area contributed by atoms with Crippen LogP contribution >= 0.6 is 0 Å². The van der Waals surface area contributed by atoms with Gasteiger partial charge in [-0.1, -0.05) is 24.3 Å². The monoisotopic (exact) mass is 312 g/mol. The number of para-hydroxylation sites is 2. The summed E-state index contributed by atoms with van der Waals surface area (Å²) >= 11 is 0. The van der Waals surface area contributed by atoms with Crippen LogP contribution in [0.3, 0.4) is 0 Å². The molecule has 23 heavy (non-hydrogen) atoms. The summed E-state index contributed by atoms with van der Waals surface area (Å²) in [5.41, 5.74) is 1.13. The number of hydrogen-bond acceptors (Lipinski definition) is 4. The average molecular weight is 312 g/mol. The molecule has 0 aromatic heterocycles. The minimum absolute atomic E-state index is 0.0192. The van der Waals surface area contributed by atoms with Gasteiger partial charge in [0.05, 0.1) is 17.2 Å². The molecule has 0 bridgehead atoms. The lowest BCUT2D eigenvalue weighted by Crippen LogP contribution is -2.09. The molecular weight excluding hydrogens is 296 g/mol. The zero-order valence-corrected chi connectivity index (χ0v) is 12.6. The fourth-order valence-electron chi connectivity index (χ4n) is 1.94. The predicted molar refractivity (Wildman–Crippen MR) is 88.4 cm³/mol. The Labute approximate surface area is 133 Å². The highest BCUT2D eigenvalue weighted by Gasteiger charge is 2.06. The second-order valence-corrected chi connectivity index (χ2v) is 4.60. The van der Waals surface area contributed by atoms with Gasteiger partial charge in [-0.15, -0.1) is 0 Å². The third-order valence-corrected chi connectivity index (χ3v) is 2.95. The number of amides is 1. The molecule has 2 aromatic carbocycles. The van der Waals surface area contributed by atoms with Crippen molar-refractivity contribution < 1.29 is 14.5 Å². The first kappa shape index (κ1) is 16.2. The lowest BCUT2D eigenvalue weighted by atomic mass is 10.2. The Morgan fingerprint density at radius 1 is 1.26 bits per heavy atom. The number of carbonyl (C=O) groups excluding carboxylic acids is 1. The third kappa shape index (κ3) is 4.67. The summed E-state index contributed by atoms with van der Waals surface area (Å²) in [6.45, 7) is 2.36. The van der Waals surface area contributed by atoms with E-state index in [0.717, 1.165) is 0 Å². The first-order valence-electron chi connectivity index (χ1n) is 7.05. The number of rotatable bonds is 6. The highest BCUT2D eigenvalue weighted by molar-refractivity contribution is 6.02. The number of nitrogens with zero attached hydrogens (tertiary/aromatic N) is 1. The summed E-state index contributed by atoms with van der Waals surface area (Å²) in [5, 5.41) is 13.4. The average Bonchev–Trinajstić information content (AvgIpc) is 2.55. The molecule has 6 heteroatoms. The highest BCUT2D eigenvalue weighted by atomic mass is 16.6. The summed E-state index contributed by atoms with van der Waals surface area (Å²) in [5.74, 6) is 0.246. The molecule has 0 fully saturated rings. The van der Waals surface area contributed by atoms with Crippen LogP contribution < -0.4 is 10.1 Å². The van der Waals surface area contributed by atoms with Crippen LogP contribution in [0.5, 0.6) is 5.75 Å². The number of nitro groups is 1. The van der Waals surface area contributed by atoms with Gasteiger partial charge < -0.3 is 10.1 Å². The maximum absolute atomic E-state index is 12.0. The Bertz CT molecular complexity index is 741. The lowest BCUT2D eigenvalue weighted by molar-refractivity contribution is -0.384. The van der Waals surface area contributed by atoms with Crippen LogP contribution in [0.1, 0.15) is 12.5 Å². The van der Waals surface area contributed by atoms with Crippen molar-refractivity contribution in [3.63, 3.8) is 0 Å². The molecule has 0 heterocycles. The van der Waals surface area contributed by atoms with E-state index in [0.29, 0.717) is 23.6 Å². The molecule has 1 N–H and O–H groups in total. The minimum Gasteiger partial charge on any atom is -0.492 e. The largest absolute Gasteiger partial charge is 0.492 e. The SMILES string of the molecule is CCOc1ccccc1NC(=O)/C=C/c1cccc([N+](=O)[O-])c1. The van der Waals surface area contributed by atoms with Gasteiger partial charge in [-0.25, -0.2) is 0 Å². The van der Waals surface area contributed by atoms with Gasteiger partial charge in [-0.3, -0.25) is 14.9 Å². The molecule has 0 aliphatic carbocycles. The first-order valence-corrected chi connectivity index (χ1v) is 7.05. The molecule has 0 atom stereocenters. The summed E-state index contributed by atoms with van der Waals surface area (Å²) in [6.07, 6.45) is 2.84. The number of carbonyl (C=O) groups is 1. The molecule has 0 saturated carbocycles. The number of benzene rings is 2. The topological polar surface area (TPSA) is 81.5 Å². The predicted octanol–water partition coefficient (Wildman–Crippen LogP) is 3.65. The van der Waals surface area contributed by atoms with E-state index in [9.17, 15) is 14.9 Å². The molecule has 1 amide bonds. The van der Waals surface area contributed by atoms with Crippen molar-refractivity contribution in [1.29, 1.82) is 0 Å². The number of non-ortho nitro benzene ring substituents is 1. The van der Waals surface area contributed by atoms with Gasteiger partial charge in [0.25, 0.3) is 5.69 Å². The number of ether oxygens (including phenoxy) is 1. The summed E-state index contributed by atoms with van der Waals surface area (Å²) in [7, 11) is 0. The fourth-order valence-corrected chi connectivity index (χ4v) is 1.94. The second-order valence-electron chi connectivity index (χ2n) is 4.60. The third-order valence-electron chi connectivity index (χ3n) is 2.95. The number of nitro benzene ring substituents is 1. The van der Waals surface area contributed by atoms with E-state index in [-0.39, 0.29) is 11.6 Å². The second kappa shape index (κ2) is 7.74. The van der Waals surface area contributed by atoms with Crippen LogP contribution in [0.25, 0.3) is 6.08 Å². The molecule has 0 aliphatic rings. The Hall–Kier alpha value is -3.15.